The highest BCUT2D eigenvalue weighted by Crippen LogP contribution is 2.39. The molecule has 1 saturated heterocycles. The van der Waals surface area contributed by atoms with Gasteiger partial charge in [-0.05, 0) is 18.2 Å². The number of hydrogen-bond donors (Lipinski definition) is 1. The largest absolute Gasteiger partial charge is 0.408 e. The van der Waals surface area contributed by atoms with Gasteiger partial charge in [0.1, 0.15) is 17.7 Å². The number of nitrogens with one attached hydrogen (secondary N) is 1. The lowest BCUT2D eigenvalue weighted by atomic mass is 10.0. The molecule has 8 heteroatoms. The van der Waals surface area contributed by atoms with E-state index in [9.17, 15) is 22.0 Å². The lowest BCUT2D eigenvalue weighted by Gasteiger charge is -2.36. The Labute approximate surface area is 119 Å². The van der Waals surface area contributed by atoms with Gasteiger partial charge in [-0.25, -0.2) is 8.78 Å². The van der Waals surface area contributed by atoms with E-state index in [2.05, 4.69) is 5.32 Å². The third-order valence-corrected chi connectivity index (χ3v) is 3.08. The fourth-order valence-corrected chi connectivity index (χ4v) is 2.24. The zero-order valence-electron chi connectivity index (χ0n) is 10.4. The maximum Gasteiger partial charge on any atom is 0.408 e. The quantitative estimate of drug-likeness (QED) is 0.844. The van der Waals surface area contributed by atoms with E-state index in [1.54, 1.807) is 0 Å². The predicted molar refractivity (Wildman–Crippen MR) is 66.8 cm³/mol. The van der Waals surface area contributed by atoms with Gasteiger partial charge in [-0.15, -0.1) is 12.4 Å². The summed E-state index contributed by atoms with van der Waals surface area (Å²) >= 11 is 0. The molecular weight excluding hydrogens is 303 g/mol. The van der Waals surface area contributed by atoms with Gasteiger partial charge in [0.05, 0.1) is 0 Å². The molecule has 0 bridgehead atoms. The Morgan fingerprint density at radius 3 is 2.25 bits per heavy atom. The second-order valence-corrected chi connectivity index (χ2v) is 4.40. The average Bonchev–Trinajstić information content (AvgIpc) is 2.33. The van der Waals surface area contributed by atoms with Crippen LogP contribution >= 0.6 is 12.4 Å². The molecule has 0 spiro atoms. The summed E-state index contributed by atoms with van der Waals surface area (Å²) < 4.78 is 66.1. The van der Waals surface area contributed by atoms with E-state index >= 15 is 0 Å². The molecule has 2 nitrogen and oxygen atoms in total. The minimum atomic E-state index is -4.65. The molecule has 2 rings (SSSR count). The molecule has 0 aliphatic carbocycles. The van der Waals surface area contributed by atoms with Gasteiger partial charge >= 0.3 is 6.18 Å². The third-order valence-electron chi connectivity index (χ3n) is 3.08. The normalized spacial score (nSPS) is 18.4. The summed E-state index contributed by atoms with van der Waals surface area (Å²) in [4.78, 5) is 1.12. The van der Waals surface area contributed by atoms with E-state index in [1.165, 1.54) is 0 Å². The molecule has 1 aromatic rings. The van der Waals surface area contributed by atoms with Gasteiger partial charge in [-0.3, -0.25) is 4.90 Å². The van der Waals surface area contributed by atoms with E-state index in [1.807, 2.05) is 0 Å². The third kappa shape index (κ3) is 3.80. The smallest absolute Gasteiger partial charge is 0.314 e. The molecule has 0 radical (unpaired) electrons. The van der Waals surface area contributed by atoms with Crippen LogP contribution in [0.1, 0.15) is 11.6 Å². The van der Waals surface area contributed by atoms with Crippen LogP contribution in [-0.4, -0.2) is 37.3 Å². The summed E-state index contributed by atoms with van der Waals surface area (Å²) in [6.07, 6.45) is -4.65. The summed E-state index contributed by atoms with van der Waals surface area (Å²) in [5.74, 6) is -1.91. The van der Waals surface area contributed by atoms with E-state index in [0.717, 1.165) is 17.0 Å². The molecule has 0 aromatic heterocycles. The van der Waals surface area contributed by atoms with Crippen molar-refractivity contribution < 1.29 is 22.0 Å². The van der Waals surface area contributed by atoms with Crippen molar-refractivity contribution in [3.63, 3.8) is 0 Å². The van der Waals surface area contributed by atoms with Gasteiger partial charge in [0.25, 0.3) is 0 Å². The van der Waals surface area contributed by atoms with Gasteiger partial charge in [0.15, 0.2) is 0 Å². The summed E-state index contributed by atoms with van der Waals surface area (Å²) in [6, 6.07) is 0.0517. The van der Waals surface area contributed by atoms with Crippen molar-refractivity contribution in [1.29, 1.82) is 0 Å². The molecule has 20 heavy (non-hydrogen) atoms. The summed E-state index contributed by atoms with van der Waals surface area (Å²) in [6.45, 7) is 1.06. The molecule has 0 amide bonds. The van der Waals surface area contributed by atoms with E-state index in [4.69, 9.17) is 0 Å². The van der Waals surface area contributed by atoms with Crippen molar-refractivity contribution in [2.24, 2.45) is 0 Å². The van der Waals surface area contributed by atoms with Crippen LogP contribution in [0, 0.1) is 11.6 Å². The molecule has 1 aromatic carbocycles. The van der Waals surface area contributed by atoms with Crippen molar-refractivity contribution >= 4 is 12.4 Å². The van der Waals surface area contributed by atoms with Gasteiger partial charge in [-0.1, -0.05) is 0 Å². The number of alkyl halides is 3. The van der Waals surface area contributed by atoms with Gasteiger partial charge in [-0.2, -0.15) is 13.2 Å². The highest BCUT2D eigenvalue weighted by atomic mass is 35.5. The number of piperazine rings is 1. The zero-order valence-corrected chi connectivity index (χ0v) is 11.2. The van der Waals surface area contributed by atoms with Crippen LogP contribution in [-0.2, 0) is 0 Å². The topological polar surface area (TPSA) is 15.3 Å². The number of hydrogen-bond acceptors (Lipinski definition) is 2. The average molecular weight is 317 g/mol. The van der Waals surface area contributed by atoms with E-state index in [-0.39, 0.29) is 25.5 Å². The molecule has 1 heterocycles. The minimum Gasteiger partial charge on any atom is -0.314 e. The maximum absolute atomic E-state index is 13.6. The van der Waals surface area contributed by atoms with E-state index in [0.29, 0.717) is 19.2 Å². The molecule has 1 aliphatic heterocycles. The number of nitrogens with zero attached hydrogens (tertiary/aromatic N) is 1. The van der Waals surface area contributed by atoms with Crippen molar-refractivity contribution in [1.82, 2.24) is 10.2 Å². The van der Waals surface area contributed by atoms with E-state index < -0.39 is 29.4 Å². The first-order valence-corrected chi connectivity index (χ1v) is 5.86. The summed E-state index contributed by atoms with van der Waals surface area (Å²) in [7, 11) is 0. The first-order chi connectivity index (χ1) is 8.89. The fourth-order valence-electron chi connectivity index (χ4n) is 2.24. The predicted octanol–water partition coefficient (Wildman–Crippen LogP) is 2.90. The van der Waals surface area contributed by atoms with Crippen LogP contribution in [0.3, 0.4) is 0 Å². The Kier molecular flexibility index (Phi) is 5.73. The molecule has 1 N–H and O–H groups in total. The van der Waals surface area contributed by atoms with Crippen LogP contribution in [0.4, 0.5) is 22.0 Å². The number of benzene rings is 1. The molecule has 1 aliphatic rings. The van der Waals surface area contributed by atoms with Crippen molar-refractivity contribution in [3.8, 4) is 0 Å². The fraction of sp³-hybridized carbons (Fsp3) is 0.500. The molecule has 114 valence electrons. The van der Waals surface area contributed by atoms with Crippen LogP contribution in [0.15, 0.2) is 18.2 Å². The number of rotatable bonds is 2. The Balaban J connectivity index is 0.00000200. The highest BCUT2D eigenvalue weighted by Gasteiger charge is 2.46. The Hall–Kier alpha value is -0.920. The standard InChI is InChI=1S/C12H13F5N2.ClH/c13-8-1-2-10(14)9(7-8)11(12(15,16)17)19-5-3-18-4-6-19;/h1-2,7,11,18H,3-6H2;1H/t11-;/m0./s1. The summed E-state index contributed by atoms with van der Waals surface area (Å²) in [5.41, 5.74) is -0.658. The second-order valence-electron chi connectivity index (χ2n) is 4.40. The zero-order chi connectivity index (χ0) is 14.0. The van der Waals surface area contributed by atoms with Crippen molar-refractivity contribution in [2.45, 2.75) is 12.2 Å². The van der Waals surface area contributed by atoms with Crippen LogP contribution in [0.2, 0.25) is 0 Å². The van der Waals surface area contributed by atoms with Crippen LogP contribution in [0.25, 0.3) is 0 Å². The Bertz CT molecular complexity index is 446. The second kappa shape index (κ2) is 6.69. The summed E-state index contributed by atoms with van der Waals surface area (Å²) in [5, 5.41) is 2.92. The molecule has 1 atom stereocenters. The van der Waals surface area contributed by atoms with Gasteiger partial charge in [0.2, 0.25) is 0 Å². The van der Waals surface area contributed by atoms with Crippen LogP contribution in [0.5, 0.6) is 0 Å². The first-order valence-electron chi connectivity index (χ1n) is 5.86. The van der Waals surface area contributed by atoms with Gasteiger partial charge in [0, 0.05) is 31.7 Å². The first kappa shape index (κ1) is 17.1. The Morgan fingerprint density at radius 1 is 1.10 bits per heavy atom. The van der Waals surface area contributed by atoms with Crippen molar-refractivity contribution in [2.75, 3.05) is 26.2 Å². The molecular formula is C12H14ClF5N2. The van der Waals surface area contributed by atoms with Gasteiger partial charge < -0.3 is 5.32 Å². The maximum atomic E-state index is 13.6. The number of halogens is 6. The monoisotopic (exact) mass is 316 g/mol. The Morgan fingerprint density at radius 2 is 1.70 bits per heavy atom. The lowest BCUT2D eigenvalue weighted by Crippen LogP contribution is -2.49. The molecule has 0 saturated carbocycles. The highest BCUT2D eigenvalue weighted by molar-refractivity contribution is 5.85. The molecule has 0 unspecified atom stereocenters. The minimum absolute atomic E-state index is 0. The van der Waals surface area contributed by atoms with Crippen molar-refractivity contribution in [3.05, 3.63) is 35.4 Å². The van der Waals surface area contributed by atoms with Crippen LogP contribution < -0.4 is 5.32 Å². The molecule has 1 fully saturated rings. The SMILES string of the molecule is Cl.Fc1ccc(F)c([C@H](N2CCNCC2)C(F)(F)F)c1. The lowest BCUT2D eigenvalue weighted by molar-refractivity contribution is -0.188.